The van der Waals surface area contributed by atoms with E-state index >= 15 is 0 Å². The summed E-state index contributed by atoms with van der Waals surface area (Å²) in [5, 5.41) is 8.27. The van der Waals surface area contributed by atoms with Gasteiger partial charge in [0.05, 0.1) is 23.1 Å². The van der Waals surface area contributed by atoms with Gasteiger partial charge in [-0.3, -0.25) is 4.79 Å². The fraction of sp³-hybridized carbons (Fsp3) is 0.565. The molecular formula is C23H33ClN4O. The van der Waals surface area contributed by atoms with E-state index in [0.717, 1.165) is 55.3 Å². The molecule has 2 aromatic rings. The molecule has 0 unspecified atom stereocenters. The number of aryl methyl sites for hydroxylation is 1. The zero-order valence-electron chi connectivity index (χ0n) is 17.7. The molecule has 2 heterocycles. The first-order valence-corrected chi connectivity index (χ1v) is 10.7. The summed E-state index contributed by atoms with van der Waals surface area (Å²) in [5.74, 6) is 1.25. The summed E-state index contributed by atoms with van der Waals surface area (Å²) in [5.41, 5.74) is 3.98. The van der Waals surface area contributed by atoms with E-state index < -0.39 is 0 Å². The van der Waals surface area contributed by atoms with Crippen LogP contribution in [0.15, 0.2) is 30.5 Å². The van der Waals surface area contributed by atoms with Gasteiger partial charge in [0.15, 0.2) is 0 Å². The number of halogens is 1. The Morgan fingerprint density at radius 1 is 1.14 bits per heavy atom. The molecule has 2 aliphatic rings. The minimum absolute atomic E-state index is 0. The van der Waals surface area contributed by atoms with Crippen LogP contribution in [-0.2, 0) is 0 Å². The number of nitrogens with one attached hydrogen (secondary N) is 1. The number of amides is 1. The van der Waals surface area contributed by atoms with Gasteiger partial charge in [-0.05, 0) is 63.1 Å². The first-order valence-electron chi connectivity index (χ1n) is 10.7. The van der Waals surface area contributed by atoms with E-state index in [-0.39, 0.29) is 24.2 Å². The molecular weight excluding hydrogens is 384 g/mol. The number of carbonyl (C=O) groups excluding carboxylic acids is 1. The SMILES string of the molecule is Cc1ccc(-n2ncc(C(=O)N3CCC(NCC4CC4)CC3)c2C(C)C)cc1.Cl. The van der Waals surface area contributed by atoms with Crippen LogP contribution in [0.2, 0.25) is 0 Å². The lowest BCUT2D eigenvalue weighted by Crippen LogP contribution is -2.45. The number of hydrogen-bond donors (Lipinski definition) is 1. The van der Waals surface area contributed by atoms with Crippen LogP contribution >= 0.6 is 12.4 Å². The Balaban J connectivity index is 0.00000240. The van der Waals surface area contributed by atoms with Crippen molar-refractivity contribution in [3.63, 3.8) is 0 Å². The van der Waals surface area contributed by atoms with E-state index in [1.807, 2.05) is 9.58 Å². The second-order valence-electron chi connectivity index (χ2n) is 8.76. The van der Waals surface area contributed by atoms with Crippen LogP contribution in [0, 0.1) is 12.8 Å². The predicted octanol–water partition coefficient (Wildman–Crippen LogP) is 4.33. The number of benzene rings is 1. The minimum atomic E-state index is 0. The van der Waals surface area contributed by atoms with Gasteiger partial charge in [-0.1, -0.05) is 31.5 Å². The normalized spacial score (nSPS) is 17.4. The highest BCUT2D eigenvalue weighted by molar-refractivity contribution is 5.95. The quantitative estimate of drug-likeness (QED) is 0.762. The molecule has 4 rings (SSSR count). The Morgan fingerprint density at radius 3 is 2.38 bits per heavy atom. The number of nitrogens with zero attached hydrogens (tertiary/aromatic N) is 3. The van der Waals surface area contributed by atoms with Gasteiger partial charge in [0.2, 0.25) is 0 Å². The Bertz CT molecular complexity index is 818. The smallest absolute Gasteiger partial charge is 0.257 e. The third-order valence-electron chi connectivity index (χ3n) is 6.04. The van der Waals surface area contributed by atoms with Crippen LogP contribution in [0.4, 0.5) is 0 Å². The standard InChI is InChI=1S/C23H32N4O.ClH/c1-16(2)22-21(15-25-27(22)20-8-4-17(3)5-9-20)23(28)26-12-10-19(11-13-26)24-14-18-6-7-18;/h4-5,8-9,15-16,18-19,24H,6-7,10-14H2,1-3H3;1H. The van der Waals surface area contributed by atoms with Gasteiger partial charge in [0.1, 0.15) is 0 Å². The molecule has 5 nitrogen and oxygen atoms in total. The molecule has 0 radical (unpaired) electrons. The molecule has 0 bridgehead atoms. The molecule has 158 valence electrons. The van der Waals surface area contributed by atoms with Crippen LogP contribution in [0.3, 0.4) is 0 Å². The Labute approximate surface area is 180 Å². The van der Waals surface area contributed by atoms with Crippen LogP contribution < -0.4 is 5.32 Å². The van der Waals surface area contributed by atoms with E-state index in [1.165, 1.54) is 18.4 Å². The lowest BCUT2D eigenvalue weighted by Gasteiger charge is -2.32. The number of aromatic nitrogens is 2. The minimum Gasteiger partial charge on any atom is -0.338 e. The second-order valence-corrected chi connectivity index (χ2v) is 8.76. The zero-order chi connectivity index (χ0) is 19.7. The van der Waals surface area contributed by atoms with Gasteiger partial charge in [0.25, 0.3) is 5.91 Å². The summed E-state index contributed by atoms with van der Waals surface area (Å²) in [7, 11) is 0. The first-order chi connectivity index (χ1) is 13.5. The Kier molecular flexibility index (Phi) is 7.01. The molecule has 1 aromatic heterocycles. The van der Waals surface area contributed by atoms with Crippen molar-refractivity contribution in [3.8, 4) is 5.69 Å². The highest BCUT2D eigenvalue weighted by atomic mass is 35.5. The number of rotatable bonds is 6. The number of carbonyl (C=O) groups is 1. The summed E-state index contributed by atoms with van der Waals surface area (Å²) in [6, 6.07) is 8.87. The number of hydrogen-bond acceptors (Lipinski definition) is 3. The van der Waals surface area contributed by atoms with Gasteiger partial charge in [-0.15, -0.1) is 12.4 Å². The molecule has 2 fully saturated rings. The molecule has 1 saturated heterocycles. The van der Waals surface area contributed by atoms with Crippen molar-refractivity contribution < 1.29 is 4.79 Å². The maximum atomic E-state index is 13.3. The van der Waals surface area contributed by atoms with Crippen LogP contribution in [0.25, 0.3) is 5.69 Å². The molecule has 1 aliphatic heterocycles. The van der Waals surface area contributed by atoms with E-state index in [1.54, 1.807) is 6.20 Å². The molecule has 6 heteroatoms. The Hall–Kier alpha value is -1.85. The number of likely N-dealkylation sites (tertiary alicyclic amines) is 1. The maximum Gasteiger partial charge on any atom is 0.257 e. The monoisotopic (exact) mass is 416 g/mol. The fourth-order valence-corrected chi connectivity index (χ4v) is 4.08. The molecule has 1 N–H and O–H groups in total. The average Bonchev–Trinajstić information content (AvgIpc) is 3.42. The molecule has 0 atom stereocenters. The Morgan fingerprint density at radius 2 is 1.79 bits per heavy atom. The second kappa shape index (κ2) is 9.31. The van der Waals surface area contributed by atoms with Gasteiger partial charge in [-0.2, -0.15) is 5.10 Å². The van der Waals surface area contributed by atoms with E-state index in [9.17, 15) is 4.79 Å². The van der Waals surface area contributed by atoms with Crippen LogP contribution in [-0.4, -0.2) is 46.3 Å². The lowest BCUT2D eigenvalue weighted by molar-refractivity contribution is 0.0703. The summed E-state index contributed by atoms with van der Waals surface area (Å²) < 4.78 is 1.93. The van der Waals surface area contributed by atoms with Gasteiger partial charge in [-0.25, -0.2) is 4.68 Å². The highest BCUT2D eigenvalue weighted by Gasteiger charge is 2.29. The van der Waals surface area contributed by atoms with Gasteiger partial charge in [0, 0.05) is 19.1 Å². The topological polar surface area (TPSA) is 50.2 Å². The maximum absolute atomic E-state index is 13.3. The van der Waals surface area contributed by atoms with Crippen LogP contribution in [0.5, 0.6) is 0 Å². The largest absolute Gasteiger partial charge is 0.338 e. The van der Waals surface area contributed by atoms with Crippen molar-refractivity contribution in [2.24, 2.45) is 5.92 Å². The highest BCUT2D eigenvalue weighted by Crippen LogP contribution is 2.28. The molecule has 1 saturated carbocycles. The van der Waals surface area contributed by atoms with Crippen molar-refractivity contribution in [1.82, 2.24) is 20.0 Å². The summed E-state index contributed by atoms with van der Waals surface area (Å²) in [4.78, 5) is 15.3. The summed E-state index contributed by atoms with van der Waals surface area (Å²) in [6.07, 6.45) is 6.61. The van der Waals surface area contributed by atoms with Crippen LogP contribution in [0.1, 0.15) is 67.1 Å². The fourth-order valence-electron chi connectivity index (χ4n) is 4.08. The summed E-state index contributed by atoms with van der Waals surface area (Å²) in [6.45, 7) is 9.15. The van der Waals surface area contributed by atoms with Crippen molar-refractivity contribution in [2.75, 3.05) is 19.6 Å². The molecule has 1 aromatic carbocycles. The number of piperidine rings is 1. The van der Waals surface area contributed by atoms with Crippen molar-refractivity contribution in [1.29, 1.82) is 0 Å². The molecule has 1 amide bonds. The van der Waals surface area contributed by atoms with Gasteiger partial charge >= 0.3 is 0 Å². The van der Waals surface area contributed by atoms with E-state index in [4.69, 9.17) is 0 Å². The molecule has 0 spiro atoms. The third-order valence-corrected chi connectivity index (χ3v) is 6.04. The summed E-state index contributed by atoms with van der Waals surface area (Å²) >= 11 is 0. The van der Waals surface area contributed by atoms with Crippen molar-refractivity contribution >= 4 is 18.3 Å². The van der Waals surface area contributed by atoms with Gasteiger partial charge < -0.3 is 10.2 Å². The van der Waals surface area contributed by atoms with Crippen molar-refractivity contribution in [3.05, 3.63) is 47.3 Å². The lowest BCUT2D eigenvalue weighted by atomic mass is 10.0. The van der Waals surface area contributed by atoms with E-state index in [2.05, 4.69) is 55.5 Å². The van der Waals surface area contributed by atoms with E-state index in [0.29, 0.717) is 6.04 Å². The average molecular weight is 417 g/mol. The van der Waals surface area contributed by atoms with Crippen molar-refractivity contribution in [2.45, 2.75) is 58.4 Å². The molecule has 1 aliphatic carbocycles. The zero-order valence-corrected chi connectivity index (χ0v) is 18.5. The third kappa shape index (κ3) is 5.01. The molecule has 29 heavy (non-hydrogen) atoms. The predicted molar refractivity (Wildman–Crippen MR) is 119 cm³/mol. The first kappa shape index (κ1) is 21.8.